The number of nitrogens with zero attached hydrogens (tertiary/aromatic N) is 2. The molecule has 0 aliphatic carbocycles. The molecule has 0 fully saturated rings. The lowest BCUT2D eigenvalue weighted by Crippen LogP contribution is -2.45. The first kappa shape index (κ1) is 16.3. The van der Waals surface area contributed by atoms with Crippen molar-refractivity contribution >= 4 is 17.8 Å². The Kier molecular flexibility index (Phi) is 4.79. The third kappa shape index (κ3) is 3.65. The van der Waals surface area contributed by atoms with Gasteiger partial charge in [0.25, 0.3) is 11.5 Å². The van der Waals surface area contributed by atoms with Crippen LogP contribution in [0.25, 0.3) is 0 Å². The first-order chi connectivity index (χ1) is 9.65. The molecule has 1 amide bonds. The third-order valence-corrected chi connectivity index (χ3v) is 2.93. The number of carbonyl (C=O) groups excluding carboxylic acids is 1. The van der Waals surface area contributed by atoms with E-state index in [4.69, 9.17) is 10.2 Å². The van der Waals surface area contributed by atoms with Crippen molar-refractivity contribution in [1.82, 2.24) is 15.1 Å². The van der Waals surface area contributed by atoms with Crippen molar-refractivity contribution < 1.29 is 24.6 Å². The highest BCUT2D eigenvalue weighted by molar-refractivity contribution is 5.98. The standard InChI is InChI=1S/C12H15N3O6/c1-5-6(2)14-15(3)11(19)9(5)10(18)13-7(12(20)21)4-8(16)17/h7H,4H2,1-3H3,(H,13,18)(H,16,17)(H,20,21)/t7-/m0/s1. The Labute approximate surface area is 119 Å². The van der Waals surface area contributed by atoms with E-state index in [1.807, 2.05) is 5.32 Å². The fourth-order valence-corrected chi connectivity index (χ4v) is 1.72. The number of aryl methyl sites for hydroxylation is 2. The average Bonchev–Trinajstić information content (AvgIpc) is 2.35. The van der Waals surface area contributed by atoms with Gasteiger partial charge < -0.3 is 15.5 Å². The summed E-state index contributed by atoms with van der Waals surface area (Å²) in [4.78, 5) is 45.5. The molecule has 0 saturated carbocycles. The molecule has 1 atom stereocenters. The number of amides is 1. The molecular weight excluding hydrogens is 282 g/mol. The van der Waals surface area contributed by atoms with Gasteiger partial charge in [0, 0.05) is 7.05 Å². The van der Waals surface area contributed by atoms with Crippen molar-refractivity contribution in [3.8, 4) is 0 Å². The van der Waals surface area contributed by atoms with Crippen LogP contribution in [-0.4, -0.2) is 43.9 Å². The summed E-state index contributed by atoms with van der Waals surface area (Å²) in [5.41, 5.74) is -0.181. The Morgan fingerprint density at radius 3 is 2.33 bits per heavy atom. The SMILES string of the molecule is Cc1nn(C)c(=O)c(C(=O)N[C@@H](CC(=O)O)C(=O)O)c1C. The van der Waals surface area contributed by atoms with E-state index in [1.165, 1.54) is 14.0 Å². The van der Waals surface area contributed by atoms with E-state index >= 15 is 0 Å². The highest BCUT2D eigenvalue weighted by atomic mass is 16.4. The second kappa shape index (κ2) is 6.16. The minimum absolute atomic E-state index is 0.248. The van der Waals surface area contributed by atoms with Crippen LogP contribution in [0.4, 0.5) is 0 Å². The highest BCUT2D eigenvalue weighted by Crippen LogP contribution is 2.06. The van der Waals surface area contributed by atoms with Gasteiger partial charge >= 0.3 is 11.9 Å². The molecule has 0 saturated heterocycles. The summed E-state index contributed by atoms with van der Waals surface area (Å²) in [5, 5.41) is 23.4. The second-order valence-electron chi connectivity index (χ2n) is 4.48. The van der Waals surface area contributed by atoms with Crippen molar-refractivity contribution in [2.24, 2.45) is 7.05 Å². The Bertz CT molecular complexity index is 664. The van der Waals surface area contributed by atoms with Gasteiger partial charge in [-0.05, 0) is 19.4 Å². The van der Waals surface area contributed by atoms with Gasteiger partial charge in [-0.1, -0.05) is 0 Å². The number of hydrogen-bond acceptors (Lipinski definition) is 5. The summed E-state index contributed by atoms with van der Waals surface area (Å²) in [6, 6.07) is -1.62. The Balaban J connectivity index is 3.17. The van der Waals surface area contributed by atoms with Crippen LogP contribution in [0.2, 0.25) is 0 Å². The van der Waals surface area contributed by atoms with E-state index in [1.54, 1.807) is 6.92 Å². The number of aliphatic carboxylic acids is 2. The minimum atomic E-state index is -1.62. The zero-order valence-electron chi connectivity index (χ0n) is 11.7. The maximum absolute atomic E-state index is 12.1. The van der Waals surface area contributed by atoms with E-state index in [2.05, 4.69) is 5.10 Å². The molecule has 0 aromatic carbocycles. The maximum atomic E-state index is 12.1. The van der Waals surface area contributed by atoms with Crippen molar-refractivity contribution in [3.05, 3.63) is 27.2 Å². The number of carboxylic acid groups (broad SMARTS) is 2. The highest BCUT2D eigenvalue weighted by Gasteiger charge is 2.26. The van der Waals surface area contributed by atoms with Crippen LogP contribution >= 0.6 is 0 Å². The van der Waals surface area contributed by atoms with Crippen molar-refractivity contribution in [3.63, 3.8) is 0 Å². The zero-order valence-corrected chi connectivity index (χ0v) is 11.7. The lowest BCUT2D eigenvalue weighted by atomic mass is 10.1. The van der Waals surface area contributed by atoms with Crippen LogP contribution in [0.15, 0.2) is 4.79 Å². The number of nitrogens with one attached hydrogen (secondary N) is 1. The number of hydrogen-bond donors (Lipinski definition) is 3. The Hall–Kier alpha value is -2.71. The fourth-order valence-electron chi connectivity index (χ4n) is 1.72. The molecule has 1 aromatic rings. The quantitative estimate of drug-likeness (QED) is 0.637. The molecular formula is C12H15N3O6. The molecule has 1 rings (SSSR count). The molecule has 3 N–H and O–H groups in total. The molecule has 9 nitrogen and oxygen atoms in total. The van der Waals surface area contributed by atoms with E-state index in [0.29, 0.717) is 11.3 Å². The van der Waals surface area contributed by atoms with Crippen LogP contribution in [0.1, 0.15) is 28.0 Å². The molecule has 21 heavy (non-hydrogen) atoms. The predicted molar refractivity (Wildman–Crippen MR) is 70.1 cm³/mol. The topological polar surface area (TPSA) is 139 Å². The molecule has 0 bridgehead atoms. The Morgan fingerprint density at radius 1 is 1.29 bits per heavy atom. The average molecular weight is 297 g/mol. The van der Waals surface area contributed by atoms with Gasteiger partial charge in [0.1, 0.15) is 11.6 Å². The minimum Gasteiger partial charge on any atom is -0.481 e. The summed E-state index contributed by atoms with van der Waals surface area (Å²) < 4.78 is 0.963. The monoisotopic (exact) mass is 297 g/mol. The molecule has 0 aliphatic rings. The third-order valence-electron chi connectivity index (χ3n) is 2.93. The summed E-state index contributed by atoms with van der Waals surface area (Å²) in [6.45, 7) is 3.10. The molecule has 0 radical (unpaired) electrons. The second-order valence-corrected chi connectivity index (χ2v) is 4.48. The largest absolute Gasteiger partial charge is 0.481 e. The van der Waals surface area contributed by atoms with Gasteiger partial charge in [0.15, 0.2) is 0 Å². The van der Waals surface area contributed by atoms with Gasteiger partial charge in [-0.3, -0.25) is 14.4 Å². The maximum Gasteiger partial charge on any atom is 0.326 e. The fraction of sp³-hybridized carbons (Fsp3) is 0.417. The van der Waals surface area contributed by atoms with Crippen LogP contribution in [0.3, 0.4) is 0 Å². The first-order valence-electron chi connectivity index (χ1n) is 5.95. The van der Waals surface area contributed by atoms with Crippen molar-refractivity contribution in [2.45, 2.75) is 26.3 Å². The molecule has 0 aliphatic heterocycles. The molecule has 1 aromatic heterocycles. The summed E-state index contributed by atoms with van der Waals surface area (Å²) in [5.74, 6) is -3.81. The van der Waals surface area contributed by atoms with Crippen LogP contribution in [0.5, 0.6) is 0 Å². The van der Waals surface area contributed by atoms with Crippen molar-refractivity contribution in [1.29, 1.82) is 0 Å². The first-order valence-corrected chi connectivity index (χ1v) is 5.95. The van der Waals surface area contributed by atoms with E-state index < -0.39 is 35.9 Å². The number of carboxylic acids is 2. The predicted octanol–water partition coefficient (Wildman–Crippen LogP) is -0.945. The Morgan fingerprint density at radius 2 is 1.86 bits per heavy atom. The van der Waals surface area contributed by atoms with E-state index in [0.717, 1.165) is 4.68 Å². The zero-order chi connectivity index (χ0) is 16.3. The lowest BCUT2D eigenvalue weighted by Gasteiger charge is -2.14. The summed E-state index contributed by atoms with van der Waals surface area (Å²) >= 11 is 0. The van der Waals surface area contributed by atoms with Crippen LogP contribution in [0, 0.1) is 13.8 Å². The smallest absolute Gasteiger partial charge is 0.326 e. The molecule has 0 spiro atoms. The van der Waals surface area contributed by atoms with Crippen LogP contribution in [-0.2, 0) is 16.6 Å². The summed E-state index contributed by atoms with van der Waals surface area (Å²) in [7, 11) is 1.36. The molecule has 1 heterocycles. The van der Waals surface area contributed by atoms with Gasteiger partial charge in [0.05, 0.1) is 12.1 Å². The lowest BCUT2D eigenvalue weighted by molar-refractivity contribution is -0.145. The van der Waals surface area contributed by atoms with E-state index in [-0.39, 0.29) is 5.56 Å². The molecule has 9 heteroatoms. The molecule has 114 valence electrons. The van der Waals surface area contributed by atoms with Gasteiger partial charge in [-0.2, -0.15) is 5.10 Å². The van der Waals surface area contributed by atoms with E-state index in [9.17, 15) is 19.2 Å². The molecule has 0 unspecified atom stereocenters. The van der Waals surface area contributed by atoms with Gasteiger partial charge in [-0.25, -0.2) is 9.48 Å². The normalized spacial score (nSPS) is 11.8. The number of rotatable bonds is 5. The number of carbonyl (C=O) groups is 3. The van der Waals surface area contributed by atoms with Gasteiger partial charge in [0.2, 0.25) is 0 Å². The van der Waals surface area contributed by atoms with Gasteiger partial charge in [-0.15, -0.1) is 0 Å². The number of aromatic nitrogens is 2. The summed E-state index contributed by atoms with van der Waals surface area (Å²) in [6.07, 6.45) is -0.787. The van der Waals surface area contributed by atoms with Crippen molar-refractivity contribution in [2.75, 3.05) is 0 Å². The van der Waals surface area contributed by atoms with Crippen LogP contribution < -0.4 is 10.9 Å².